The van der Waals surface area contributed by atoms with Gasteiger partial charge in [-0.05, 0) is 43.9 Å². The second-order valence-corrected chi connectivity index (χ2v) is 7.38. The first-order valence-electron chi connectivity index (χ1n) is 9.16. The average Bonchev–Trinajstić information content (AvgIpc) is 2.54. The predicted octanol–water partition coefficient (Wildman–Crippen LogP) is 2.80. The molecule has 0 bridgehead atoms. The molecule has 0 aliphatic carbocycles. The Balaban J connectivity index is 1.95. The first-order valence-corrected chi connectivity index (χ1v) is 9.16. The molecule has 24 heavy (non-hydrogen) atoms. The third-order valence-corrected chi connectivity index (χ3v) is 4.88. The van der Waals surface area contributed by atoms with Crippen LogP contribution in [0, 0.1) is 5.92 Å². The number of aliphatic hydroxyl groups excluding tert-OH is 1. The van der Waals surface area contributed by atoms with Crippen LogP contribution in [0.5, 0.6) is 0 Å². The molecule has 1 fully saturated rings. The van der Waals surface area contributed by atoms with Crippen molar-refractivity contribution < 1.29 is 9.90 Å². The van der Waals surface area contributed by atoms with Crippen molar-refractivity contribution in [2.24, 2.45) is 5.92 Å². The van der Waals surface area contributed by atoms with E-state index in [1.54, 1.807) is 6.92 Å². The molecule has 0 spiro atoms. The van der Waals surface area contributed by atoms with Gasteiger partial charge in [0.15, 0.2) is 5.78 Å². The number of Topliss-reactive ketones (excluding diaryl/α,β-unsaturated/α-hetero) is 1. The SMILES string of the molecule is CC(=O)c1cccc(CN2CCN(CCC(C)C)[C@@H](CCO)C2)c1. The van der Waals surface area contributed by atoms with E-state index < -0.39 is 0 Å². The van der Waals surface area contributed by atoms with Gasteiger partial charge in [-0.3, -0.25) is 14.6 Å². The maximum Gasteiger partial charge on any atom is 0.159 e. The van der Waals surface area contributed by atoms with Gasteiger partial charge < -0.3 is 5.11 Å². The number of aliphatic hydroxyl groups is 1. The molecule has 0 saturated carbocycles. The maximum atomic E-state index is 11.5. The van der Waals surface area contributed by atoms with Gasteiger partial charge in [-0.25, -0.2) is 0 Å². The predicted molar refractivity (Wildman–Crippen MR) is 98.2 cm³/mol. The van der Waals surface area contributed by atoms with E-state index in [9.17, 15) is 9.90 Å². The summed E-state index contributed by atoms with van der Waals surface area (Å²) in [6.07, 6.45) is 2.05. The molecule has 1 aromatic rings. The Labute approximate surface area is 146 Å². The van der Waals surface area contributed by atoms with Crippen molar-refractivity contribution in [1.29, 1.82) is 0 Å². The molecule has 0 unspecified atom stereocenters. The van der Waals surface area contributed by atoms with Gasteiger partial charge in [0.1, 0.15) is 0 Å². The molecule has 134 valence electrons. The number of piperazine rings is 1. The molecule has 1 aliphatic heterocycles. The lowest BCUT2D eigenvalue weighted by Gasteiger charge is -2.41. The van der Waals surface area contributed by atoms with Crippen molar-refractivity contribution in [3.63, 3.8) is 0 Å². The fourth-order valence-corrected chi connectivity index (χ4v) is 3.39. The van der Waals surface area contributed by atoms with Gasteiger partial charge >= 0.3 is 0 Å². The molecule has 1 heterocycles. The number of hydrogen-bond acceptors (Lipinski definition) is 4. The second-order valence-electron chi connectivity index (χ2n) is 7.38. The van der Waals surface area contributed by atoms with Crippen LogP contribution in [0.15, 0.2) is 24.3 Å². The van der Waals surface area contributed by atoms with Crippen molar-refractivity contribution in [3.05, 3.63) is 35.4 Å². The first-order chi connectivity index (χ1) is 11.5. The lowest BCUT2D eigenvalue weighted by Crippen LogP contribution is -2.53. The zero-order chi connectivity index (χ0) is 17.5. The Morgan fingerprint density at radius 2 is 2.12 bits per heavy atom. The van der Waals surface area contributed by atoms with Crippen molar-refractivity contribution in [1.82, 2.24) is 9.80 Å². The summed E-state index contributed by atoms with van der Waals surface area (Å²) < 4.78 is 0. The topological polar surface area (TPSA) is 43.8 Å². The number of benzene rings is 1. The molecule has 1 N–H and O–H groups in total. The lowest BCUT2D eigenvalue weighted by atomic mass is 10.0. The third-order valence-electron chi connectivity index (χ3n) is 4.88. The molecule has 4 heteroatoms. The Morgan fingerprint density at radius 3 is 2.79 bits per heavy atom. The number of hydrogen-bond donors (Lipinski definition) is 1. The van der Waals surface area contributed by atoms with E-state index in [0.717, 1.165) is 44.7 Å². The van der Waals surface area contributed by atoms with Crippen molar-refractivity contribution in [3.8, 4) is 0 Å². The first kappa shape index (κ1) is 19.1. The molecule has 1 atom stereocenters. The normalized spacial score (nSPS) is 19.8. The Kier molecular flexibility index (Phi) is 7.40. The molecular weight excluding hydrogens is 300 g/mol. The number of carbonyl (C=O) groups is 1. The Morgan fingerprint density at radius 1 is 1.33 bits per heavy atom. The van der Waals surface area contributed by atoms with Crippen LogP contribution in [0.1, 0.15) is 49.5 Å². The summed E-state index contributed by atoms with van der Waals surface area (Å²) in [6.45, 7) is 11.5. The van der Waals surface area contributed by atoms with Crippen LogP contribution in [0.4, 0.5) is 0 Å². The van der Waals surface area contributed by atoms with Gasteiger partial charge in [0.05, 0.1) is 0 Å². The van der Waals surface area contributed by atoms with Gasteiger partial charge in [0.25, 0.3) is 0 Å². The number of carbonyl (C=O) groups excluding carboxylic acids is 1. The van der Waals surface area contributed by atoms with Crippen LogP contribution >= 0.6 is 0 Å². The van der Waals surface area contributed by atoms with Crippen molar-refractivity contribution in [2.45, 2.75) is 46.2 Å². The van der Waals surface area contributed by atoms with Gasteiger partial charge in [0, 0.05) is 44.4 Å². The molecule has 4 nitrogen and oxygen atoms in total. The van der Waals surface area contributed by atoms with E-state index in [-0.39, 0.29) is 12.4 Å². The largest absolute Gasteiger partial charge is 0.396 e. The summed E-state index contributed by atoms with van der Waals surface area (Å²) in [5, 5.41) is 9.40. The average molecular weight is 332 g/mol. The van der Waals surface area contributed by atoms with Gasteiger partial charge in [-0.1, -0.05) is 32.0 Å². The minimum Gasteiger partial charge on any atom is -0.396 e. The zero-order valence-corrected chi connectivity index (χ0v) is 15.4. The Bertz CT molecular complexity index is 530. The Hall–Kier alpha value is -1.23. The number of ketones is 1. The molecule has 0 radical (unpaired) electrons. The van der Waals surface area contributed by atoms with Crippen LogP contribution < -0.4 is 0 Å². The van der Waals surface area contributed by atoms with E-state index >= 15 is 0 Å². The molecular formula is C20H32N2O2. The highest BCUT2D eigenvalue weighted by molar-refractivity contribution is 5.94. The number of rotatable bonds is 8. The van der Waals surface area contributed by atoms with Crippen LogP contribution in [-0.2, 0) is 6.54 Å². The summed E-state index contributed by atoms with van der Waals surface area (Å²) in [4.78, 5) is 16.5. The summed E-state index contributed by atoms with van der Waals surface area (Å²) in [6, 6.07) is 8.38. The van der Waals surface area contributed by atoms with E-state index in [4.69, 9.17) is 0 Å². The van der Waals surface area contributed by atoms with E-state index in [0.29, 0.717) is 12.0 Å². The van der Waals surface area contributed by atoms with E-state index in [1.807, 2.05) is 18.2 Å². The molecule has 1 aromatic carbocycles. The summed E-state index contributed by atoms with van der Waals surface area (Å²) in [7, 11) is 0. The summed E-state index contributed by atoms with van der Waals surface area (Å²) >= 11 is 0. The van der Waals surface area contributed by atoms with E-state index in [2.05, 4.69) is 29.7 Å². The fraction of sp³-hybridized carbons (Fsp3) is 0.650. The number of nitrogens with zero attached hydrogens (tertiary/aromatic N) is 2. The van der Waals surface area contributed by atoms with Crippen molar-refractivity contribution >= 4 is 5.78 Å². The lowest BCUT2D eigenvalue weighted by molar-refractivity contribution is 0.0524. The van der Waals surface area contributed by atoms with Crippen LogP contribution in [0.3, 0.4) is 0 Å². The second kappa shape index (κ2) is 9.30. The van der Waals surface area contributed by atoms with E-state index in [1.165, 1.54) is 12.0 Å². The maximum absolute atomic E-state index is 11.5. The smallest absolute Gasteiger partial charge is 0.159 e. The van der Waals surface area contributed by atoms with Crippen LogP contribution in [0.25, 0.3) is 0 Å². The monoisotopic (exact) mass is 332 g/mol. The summed E-state index contributed by atoms with van der Waals surface area (Å²) in [5.74, 6) is 0.834. The molecule has 1 aliphatic rings. The molecule has 2 rings (SSSR count). The third kappa shape index (κ3) is 5.69. The van der Waals surface area contributed by atoms with Crippen LogP contribution in [-0.4, -0.2) is 59.5 Å². The molecule has 1 saturated heterocycles. The summed E-state index contributed by atoms with van der Waals surface area (Å²) in [5.41, 5.74) is 1.98. The fourth-order valence-electron chi connectivity index (χ4n) is 3.39. The molecule has 0 amide bonds. The van der Waals surface area contributed by atoms with Gasteiger partial charge in [-0.15, -0.1) is 0 Å². The minimum atomic E-state index is 0.119. The van der Waals surface area contributed by atoms with Crippen molar-refractivity contribution in [2.75, 3.05) is 32.8 Å². The highest BCUT2D eigenvalue weighted by Gasteiger charge is 2.26. The highest BCUT2D eigenvalue weighted by atomic mass is 16.3. The highest BCUT2D eigenvalue weighted by Crippen LogP contribution is 2.18. The standard InChI is InChI=1S/C20H32N2O2/c1-16(2)7-9-22-11-10-21(15-20(22)8-12-23)14-18-5-4-6-19(13-18)17(3)24/h4-6,13,16,20,23H,7-12,14-15H2,1-3H3/t20-/m0/s1. The zero-order valence-electron chi connectivity index (χ0n) is 15.4. The van der Waals surface area contributed by atoms with Gasteiger partial charge in [-0.2, -0.15) is 0 Å². The van der Waals surface area contributed by atoms with Gasteiger partial charge in [0.2, 0.25) is 0 Å². The molecule has 0 aromatic heterocycles. The van der Waals surface area contributed by atoms with Crippen LogP contribution in [0.2, 0.25) is 0 Å². The quantitative estimate of drug-likeness (QED) is 0.744. The minimum absolute atomic E-state index is 0.119.